The van der Waals surface area contributed by atoms with Crippen molar-refractivity contribution in [3.63, 3.8) is 0 Å². The molecule has 6 nitrogen and oxygen atoms in total. The SMILES string of the molecule is Clc1ccc2nc(CNCc3cn[nH]c3-c3cccnc3)cn2c1. The van der Waals surface area contributed by atoms with Crippen LogP contribution in [0, 0.1) is 0 Å². The Morgan fingerprint density at radius 2 is 2.08 bits per heavy atom. The second-order valence-corrected chi connectivity index (χ2v) is 5.90. The molecule has 2 N–H and O–H groups in total. The second kappa shape index (κ2) is 6.43. The molecule has 0 atom stereocenters. The van der Waals surface area contributed by atoms with Gasteiger partial charge in [-0.3, -0.25) is 10.1 Å². The zero-order valence-corrected chi connectivity index (χ0v) is 13.5. The van der Waals surface area contributed by atoms with E-state index in [4.69, 9.17) is 11.6 Å². The van der Waals surface area contributed by atoms with Crippen LogP contribution in [-0.4, -0.2) is 24.6 Å². The van der Waals surface area contributed by atoms with Crippen LogP contribution in [-0.2, 0) is 13.1 Å². The minimum atomic E-state index is 0.664. The van der Waals surface area contributed by atoms with E-state index in [1.165, 1.54) is 0 Å². The molecule has 4 heterocycles. The van der Waals surface area contributed by atoms with Crippen molar-refractivity contribution in [3.05, 3.63) is 71.5 Å². The molecule has 0 aliphatic carbocycles. The lowest BCUT2D eigenvalue weighted by atomic mass is 10.1. The van der Waals surface area contributed by atoms with Crippen molar-refractivity contribution < 1.29 is 0 Å². The highest BCUT2D eigenvalue weighted by atomic mass is 35.5. The maximum absolute atomic E-state index is 6.00. The number of halogens is 1. The Morgan fingerprint density at radius 1 is 1.12 bits per heavy atom. The van der Waals surface area contributed by atoms with E-state index in [1.807, 2.05) is 53.5 Å². The highest BCUT2D eigenvalue weighted by molar-refractivity contribution is 6.30. The smallest absolute Gasteiger partial charge is 0.137 e. The van der Waals surface area contributed by atoms with Crippen molar-refractivity contribution >= 4 is 17.2 Å². The fourth-order valence-electron chi connectivity index (χ4n) is 2.63. The highest BCUT2D eigenvalue weighted by Crippen LogP contribution is 2.19. The number of nitrogens with zero attached hydrogens (tertiary/aromatic N) is 4. The van der Waals surface area contributed by atoms with Gasteiger partial charge in [-0.1, -0.05) is 11.6 Å². The minimum absolute atomic E-state index is 0.664. The van der Waals surface area contributed by atoms with Gasteiger partial charge in [-0.25, -0.2) is 4.98 Å². The Hall–Kier alpha value is -2.70. The van der Waals surface area contributed by atoms with Crippen molar-refractivity contribution in [2.75, 3.05) is 0 Å². The Balaban J connectivity index is 1.45. The molecular weight excluding hydrogens is 324 g/mol. The van der Waals surface area contributed by atoms with Gasteiger partial charge in [0.05, 0.1) is 22.6 Å². The molecule has 0 aliphatic rings. The average molecular weight is 339 g/mol. The van der Waals surface area contributed by atoms with Crippen LogP contribution in [0.5, 0.6) is 0 Å². The topological polar surface area (TPSA) is 70.9 Å². The summed E-state index contributed by atoms with van der Waals surface area (Å²) in [7, 11) is 0. The molecular formula is C17H15ClN6. The van der Waals surface area contributed by atoms with Crippen LogP contribution in [0.15, 0.2) is 55.2 Å². The van der Waals surface area contributed by atoms with Crippen molar-refractivity contribution in [2.24, 2.45) is 0 Å². The lowest BCUT2D eigenvalue weighted by Gasteiger charge is -2.04. The van der Waals surface area contributed by atoms with Gasteiger partial charge in [0, 0.05) is 49.0 Å². The zero-order valence-electron chi connectivity index (χ0n) is 12.8. The maximum atomic E-state index is 6.00. The van der Waals surface area contributed by atoms with Gasteiger partial charge >= 0.3 is 0 Å². The molecule has 0 saturated heterocycles. The molecule has 7 heteroatoms. The summed E-state index contributed by atoms with van der Waals surface area (Å²) in [5, 5.41) is 11.3. The van der Waals surface area contributed by atoms with Crippen LogP contribution in [0.4, 0.5) is 0 Å². The van der Waals surface area contributed by atoms with Crippen molar-refractivity contribution in [2.45, 2.75) is 13.1 Å². The van der Waals surface area contributed by atoms with Crippen LogP contribution >= 0.6 is 11.6 Å². The minimum Gasteiger partial charge on any atom is -0.307 e. The van der Waals surface area contributed by atoms with E-state index in [9.17, 15) is 0 Å². The fourth-order valence-corrected chi connectivity index (χ4v) is 2.80. The van der Waals surface area contributed by atoms with Crippen LogP contribution < -0.4 is 5.32 Å². The summed E-state index contributed by atoms with van der Waals surface area (Å²) in [6, 6.07) is 7.67. The predicted molar refractivity (Wildman–Crippen MR) is 92.6 cm³/mol. The molecule has 0 fully saturated rings. The fraction of sp³-hybridized carbons (Fsp3) is 0.118. The summed E-state index contributed by atoms with van der Waals surface area (Å²) < 4.78 is 1.93. The number of nitrogens with one attached hydrogen (secondary N) is 2. The predicted octanol–water partition coefficient (Wildman–Crippen LogP) is 3.06. The van der Waals surface area contributed by atoms with Crippen molar-refractivity contribution in [1.82, 2.24) is 29.9 Å². The van der Waals surface area contributed by atoms with Gasteiger partial charge in [0.2, 0.25) is 0 Å². The van der Waals surface area contributed by atoms with E-state index in [0.29, 0.717) is 18.1 Å². The summed E-state index contributed by atoms with van der Waals surface area (Å²) in [5.74, 6) is 0. The number of imidazole rings is 1. The monoisotopic (exact) mass is 338 g/mol. The standard InChI is InChI=1S/C17H15ClN6/c18-14-3-4-16-22-15(11-24(16)10-14)9-20-7-13-8-21-23-17(13)12-2-1-5-19-6-12/h1-6,8,10-11,20H,7,9H2,(H,21,23). The first-order chi connectivity index (χ1) is 11.8. The van der Waals surface area contributed by atoms with Gasteiger partial charge in [-0.2, -0.15) is 5.10 Å². The molecule has 0 radical (unpaired) electrons. The molecule has 0 unspecified atom stereocenters. The molecule has 4 rings (SSSR count). The summed E-state index contributed by atoms with van der Waals surface area (Å²) in [5.41, 5.74) is 4.95. The Kier molecular flexibility index (Phi) is 3.98. The number of rotatable bonds is 5. The third kappa shape index (κ3) is 3.02. The van der Waals surface area contributed by atoms with E-state index in [-0.39, 0.29) is 0 Å². The Morgan fingerprint density at radius 3 is 2.96 bits per heavy atom. The van der Waals surface area contributed by atoms with E-state index in [2.05, 4.69) is 25.5 Å². The summed E-state index contributed by atoms with van der Waals surface area (Å²) in [6.07, 6.45) is 9.24. The second-order valence-electron chi connectivity index (χ2n) is 5.46. The van der Waals surface area contributed by atoms with Gasteiger partial charge in [-0.05, 0) is 24.3 Å². The summed E-state index contributed by atoms with van der Waals surface area (Å²) in [4.78, 5) is 8.71. The summed E-state index contributed by atoms with van der Waals surface area (Å²) >= 11 is 6.00. The Labute approximate surface area is 143 Å². The number of aromatic amines is 1. The van der Waals surface area contributed by atoms with E-state index in [0.717, 1.165) is 28.2 Å². The maximum Gasteiger partial charge on any atom is 0.137 e. The first kappa shape index (κ1) is 14.9. The van der Waals surface area contributed by atoms with Crippen molar-refractivity contribution in [3.8, 4) is 11.3 Å². The highest BCUT2D eigenvalue weighted by Gasteiger charge is 2.08. The molecule has 0 saturated carbocycles. The number of H-pyrrole nitrogens is 1. The van der Waals surface area contributed by atoms with Gasteiger partial charge in [0.15, 0.2) is 0 Å². The number of pyridine rings is 2. The number of hydrogen-bond acceptors (Lipinski definition) is 4. The molecule has 0 bridgehead atoms. The van der Waals surface area contributed by atoms with Gasteiger partial charge in [-0.15, -0.1) is 0 Å². The van der Waals surface area contributed by atoms with E-state index < -0.39 is 0 Å². The molecule has 4 aromatic heterocycles. The Bertz CT molecular complexity index is 960. The first-order valence-electron chi connectivity index (χ1n) is 7.56. The van der Waals surface area contributed by atoms with E-state index in [1.54, 1.807) is 6.20 Å². The molecule has 0 aliphatic heterocycles. The molecule has 0 aromatic carbocycles. The number of fused-ring (bicyclic) bond motifs is 1. The zero-order chi connectivity index (χ0) is 16.4. The first-order valence-corrected chi connectivity index (χ1v) is 7.94. The molecule has 0 amide bonds. The third-order valence-corrected chi connectivity index (χ3v) is 3.98. The molecule has 0 spiro atoms. The van der Waals surface area contributed by atoms with Gasteiger partial charge < -0.3 is 9.72 Å². The van der Waals surface area contributed by atoms with Crippen molar-refractivity contribution in [1.29, 1.82) is 0 Å². The molecule has 24 heavy (non-hydrogen) atoms. The van der Waals surface area contributed by atoms with Crippen LogP contribution in [0.2, 0.25) is 5.02 Å². The van der Waals surface area contributed by atoms with E-state index >= 15 is 0 Å². The van der Waals surface area contributed by atoms with Gasteiger partial charge in [0.1, 0.15) is 5.65 Å². The lowest BCUT2D eigenvalue weighted by Crippen LogP contribution is -2.13. The third-order valence-electron chi connectivity index (χ3n) is 3.75. The number of aromatic nitrogens is 5. The van der Waals surface area contributed by atoms with Crippen LogP contribution in [0.1, 0.15) is 11.3 Å². The lowest BCUT2D eigenvalue weighted by molar-refractivity contribution is 0.684. The normalized spacial score (nSPS) is 11.2. The average Bonchev–Trinajstić information content (AvgIpc) is 3.22. The largest absolute Gasteiger partial charge is 0.307 e. The molecule has 4 aromatic rings. The van der Waals surface area contributed by atoms with Crippen LogP contribution in [0.3, 0.4) is 0 Å². The van der Waals surface area contributed by atoms with Crippen LogP contribution in [0.25, 0.3) is 16.9 Å². The quantitative estimate of drug-likeness (QED) is 0.586. The number of hydrogen-bond donors (Lipinski definition) is 2. The van der Waals surface area contributed by atoms with Gasteiger partial charge in [0.25, 0.3) is 0 Å². The summed E-state index contributed by atoms with van der Waals surface area (Å²) in [6.45, 7) is 1.35. The molecule has 120 valence electrons.